The molecule has 0 unspecified atom stereocenters. The van der Waals surface area contributed by atoms with Gasteiger partial charge in [0, 0.05) is 5.25 Å². The predicted molar refractivity (Wildman–Crippen MR) is 45.2 cm³/mol. The molecule has 0 aromatic heterocycles. The summed E-state index contributed by atoms with van der Waals surface area (Å²) in [7, 11) is -3.12. The van der Waals surface area contributed by atoms with Gasteiger partial charge < -0.3 is 5.73 Å². The molecule has 0 spiro atoms. The first-order valence-electron chi connectivity index (χ1n) is 2.70. The maximum absolute atomic E-state index is 8.59. The number of nitrogens with one attached hydrogen (secondary N) is 1. The zero-order chi connectivity index (χ0) is 9.44. The van der Waals surface area contributed by atoms with E-state index in [0.29, 0.717) is 5.25 Å². The van der Waals surface area contributed by atoms with Crippen LogP contribution >= 0.6 is 19.7 Å². The van der Waals surface area contributed by atoms with Crippen molar-refractivity contribution in [2.24, 2.45) is 5.73 Å². The van der Waals surface area contributed by atoms with E-state index in [0.717, 1.165) is 0 Å². The Morgan fingerprint density at radius 2 is 1.91 bits per heavy atom. The largest absolute Gasteiger partial charge is 0.465 e. The standard InChI is InChI=1S/C4H10N2S.HO3P/c1-3(2)7-4(5)6;1-4(2)3/h3H,1-2H3,(H3,5,6);(H,1,2,3). The van der Waals surface area contributed by atoms with Crippen LogP contribution in [0, 0.1) is 5.41 Å². The van der Waals surface area contributed by atoms with Crippen LogP contribution in [0.25, 0.3) is 0 Å². The lowest BCUT2D eigenvalue weighted by atomic mass is 10.6. The van der Waals surface area contributed by atoms with Gasteiger partial charge in [-0.05, 0) is 0 Å². The second-order valence-corrected chi connectivity index (χ2v) is 3.86. The molecule has 0 bridgehead atoms. The number of hydrogen-bond donors (Lipinski definition) is 3. The minimum absolute atomic E-state index is 0.204. The SMILES string of the molecule is CC(C)SC(=N)N.O=P(=O)O. The van der Waals surface area contributed by atoms with E-state index in [1.54, 1.807) is 0 Å². The van der Waals surface area contributed by atoms with Gasteiger partial charge in [0.25, 0.3) is 0 Å². The molecule has 5 nitrogen and oxygen atoms in total. The minimum Gasteiger partial charge on any atom is -0.379 e. The van der Waals surface area contributed by atoms with Crippen molar-refractivity contribution in [3.05, 3.63) is 0 Å². The van der Waals surface area contributed by atoms with Gasteiger partial charge in [-0.3, -0.25) is 10.3 Å². The van der Waals surface area contributed by atoms with Crippen molar-refractivity contribution < 1.29 is 14.0 Å². The van der Waals surface area contributed by atoms with Crippen LogP contribution in [0.3, 0.4) is 0 Å². The van der Waals surface area contributed by atoms with E-state index in [1.165, 1.54) is 11.8 Å². The summed E-state index contributed by atoms with van der Waals surface area (Å²) >= 11 is 1.37. The van der Waals surface area contributed by atoms with E-state index in [2.05, 4.69) is 0 Å². The van der Waals surface area contributed by atoms with Crippen LogP contribution in [0.2, 0.25) is 0 Å². The number of hydrogen-bond acceptors (Lipinski definition) is 4. The smallest absolute Gasteiger partial charge is 0.379 e. The summed E-state index contributed by atoms with van der Waals surface area (Å²) in [6.45, 7) is 4.01. The molecule has 0 aliphatic carbocycles. The van der Waals surface area contributed by atoms with Crippen LogP contribution in [-0.2, 0) is 9.13 Å². The molecule has 0 atom stereocenters. The first-order chi connectivity index (χ1) is 4.86. The highest BCUT2D eigenvalue weighted by Crippen LogP contribution is 2.05. The minimum atomic E-state index is -3.12. The Bertz CT molecular complexity index is 172. The fraction of sp³-hybridized carbons (Fsp3) is 0.750. The third-order valence-corrected chi connectivity index (χ3v) is 1.09. The Kier molecular flexibility index (Phi) is 9.40. The third-order valence-electron chi connectivity index (χ3n) is 0.363. The number of amidine groups is 1. The lowest BCUT2D eigenvalue weighted by molar-refractivity contribution is 0.434. The topological polar surface area (TPSA) is 104 Å². The zero-order valence-corrected chi connectivity index (χ0v) is 7.98. The first-order valence-corrected chi connectivity index (χ1v) is 4.71. The molecule has 0 saturated heterocycles. The van der Waals surface area contributed by atoms with E-state index in [-0.39, 0.29) is 5.17 Å². The molecule has 66 valence electrons. The summed E-state index contributed by atoms with van der Waals surface area (Å²) in [6, 6.07) is 0. The summed E-state index contributed by atoms with van der Waals surface area (Å²) in [4.78, 5) is 7.01. The highest BCUT2D eigenvalue weighted by Gasteiger charge is 1.93. The molecule has 0 aromatic carbocycles. The van der Waals surface area contributed by atoms with Crippen LogP contribution in [0.4, 0.5) is 0 Å². The molecule has 0 radical (unpaired) electrons. The van der Waals surface area contributed by atoms with Crippen molar-refractivity contribution >= 4 is 24.8 Å². The fourth-order valence-corrected chi connectivity index (χ4v) is 0.762. The maximum Gasteiger partial charge on any atom is 0.465 e. The molecule has 0 rings (SSSR count). The Hall–Kier alpha value is -0.320. The van der Waals surface area contributed by atoms with Crippen LogP contribution in [-0.4, -0.2) is 15.3 Å². The van der Waals surface area contributed by atoms with Gasteiger partial charge in [-0.15, -0.1) is 0 Å². The van der Waals surface area contributed by atoms with Gasteiger partial charge in [0.05, 0.1) is 0 Å². The van der Waals surface area contributed by atoms with Gasteiger partial charge in [0.2, 0.25) is 0 Å². The van der Waals surface area contributed by atoms with Gasteiger partial charge in [0.15, 0.2) is 5.17 Å². The average molecular weight is 198 g/mol. The van der Waals surface area contributed by atoms with Gasteiger partial charge >= 0.3 is 7.91 Å². The Balaban J connectivity index is 0. The quantitative estimate of drug-likeness (QED) is 0.332. The van der Waals surface area contributed by atoms with E-state index in [1.807, 2.05) is 13.8 Å². The molecular formula is C4H11N2O3PS. The van der Waals surface area contributed by atoms with Crippen LogP contribution in [0.15, 0.2) is 0 Å². The molecule has 0 aliphatic rings. The molecule has 7 heteroatoms. The van der Waals surface area contributed by atoms with E-state index >= 15 is 0 Å². The molecule has 0 amide bonds. The predicted octanol–water partition coefficient (Wildman–Crippen LogP) is 1.09. The van der Waals surface area contributed by atoms with Crippen molar-refractivity contribution in [3.63, 3.8) is 0 Å². The molecule has 0 aliphatic heterocycles. The molecular weight excluding hydrogens is 187 g/mol. The highest BCUT2D eigenvalue weighted by molar-refractivity contribution is 8.14. The van der Waals surface area contributed by atoms with Gasteiger partial charge in [-0.1, -0.05) is 25.6 Å². The lowest BCUT2D eigenvalue weighted by Gasteiger charge is -1.97. The van der Waals surface area contributed by atoms with Crippen molar-refractivity contribution in [1.29, 1.82) is 5.41 Å². The van der Waals surface area contributed by atoms with Gasteiger partial charge in [0.1, 0.15) is 0 Å². The maximum atomic E-state index is 8.59. The van der Waals surface area contributed by atoms with Crippen molar-refractivity contribution in [3.8, 4) is 0 Å². The van der Waals surface area contributed by atoms with Crippen molar-refractivity contribution in [2.45, 2.75) is 19.1 Å². The zero-order valence-electron chi connectivity index (χ0n) is 6.27. The second kappa shape index (κ2) is 7.78. The Labute approximate surface area is 69.8 Å². The lowest BCUT2D eigenvalue weighted by Crippen LogP contribution is -2.06. The Morgan fingerprint density at radius 1 is 1.64 bits per heavy atom. The number of nitrogens with two attached hydrogens (primary N) is 1. The molecule has 0 fully saturated rings. The number of rotatable bonds is 1. The first kappa shape index (κ1) is 13.3. The molecule has 11 heavy (non-hydrogen) atoms. The molecule has 0 heterocycles. The summed E-state index contributed by atoms with van der Waals surface area (Å²) in [5, 5.41) is 7.41. The van der Waals surface area contributed by atoms with Crippen LogP contribution < -0.4 is 5.73 Å². The molecule has 4 N–H and O–H groups in total. The normalized spacial score (nSPS) is 8.36. The van der Waals surface area contributed by atoms with Crippen LogP contribution in [0.5, 0.6) is 0 Å². The summed E-state index contributed by atoms with van der Waals surface area (Å²) < 4.78 is 17.2. The summed E-state index contributed by atoms with van der Waals surface area (Å²) in [5.74, 6) is 0. The van der Waals surface area contributed by atoms with Gasteiger partial charge in [-0.2, -0.15) is 0 Å². The Morgan fingerprint density at radius 3 is 1.91 bits per heavy atom. The van der Waals surface area contributed by atoms with Gasteiger partial charge in [-0.25, -0.2) is 9.13 Å². The summed E-state index contributed by atoms with van der Waals surface area (Å²) in [6.07, 6.45) is 0. The molecule has 0 aromatic rings. The van der Waals surface area contributed by atoms with Crippen LogP contribution in [0.1, 0.15) is 13.8 Å². The fourth-order valence-electron chi connectivity index (χ4n) is 0.254. The van der Waals surface area contributed by atoms with Crippen molar-refractivity contribution in [2.75, 3.05) is 0 Å². The number of thioether (sulfide) groups is 1. The average Bonchev–Trinajstić information content (AvgIpc) is 1.56. The summed E-state index contributed by atoms with van der Waals surface area (Å²) in [5.41, 5.74) is 5.04. The van der Waals surface area contributed by atoms with E-state index in [9.17, 15) is 0 Å². The molecule has 0 saturated carbocycles. The monoisotopic (exact) mass is 198 g/mol. The van der Waals surface area contributed by atoms with E-state index < -0.39 is 7.91 Å². The van der Waals surface area contributed by atoms with Crippen molar-refractivity contribution in [1.82, 2.24) is 0 Å². The highest BCUT2D eigenvalue weighted by atomic mass is 32.2. The van der Waals surface area contributed by atoms with E-state index in [4.69, 9.17) is 25.2 Å². The third kappa shape index (κ3) is 42.2. The second-order valence-electron chi connectivity index (χ2n) is 1.77.